The van der Waals surface area contributed by atoms with E-state index < -0.39 is 21.9 Å². The first-order valence-electron chi connectivity index (χ1n) is 8.52. The van der Waals surface area contributed by atoms with Gasteiger partial charge in [0.2, 0.25) is 10.0 Å². The number of sulfonamides is 1. The lowest BCUT2D eigenvalue weighted by Crippen LogP contribution is -2.28. The van der Waals surface area contributed by atoms with Crippen molar-refractivity contribution < 1.29 is 23.1 Å². The summed E-state index contributed by atoms with van der Waals surface area (Å²) in [5.74, 6) is -1.94. The lowest BCUT2D eigenvalue weighted by atomic mass is 10.1. The quantitative estimate of drug-likeness (QED) is 0.794. The Morgan fingerprint density at radius 3 is 2.46 bits per heavy atom. The largest absolute Gasteiger partial charge is 0.478 e. The highest BCUT2D eigenvalue weighted by atomic mass is 32.2. The van der Waals surface area contributed by atoms with E-state index in [9.17, 15) is 23.1 Å². The number of benzene rings is 2. The second kappa shape index (κ2) is 7.80. The van der Waals surface area contributed by atoms with E-state index in [2.05, 4.69) is 5.32 Å². The van der Waals surface area contributed by atoms with Gasteiger partial charge in [0.15, 0.2) is 0 Å². The van der Waals surface area contributed by atoms with Crippen molar-refractivity contribution in [3.8, 4) is 6.07 Å². The fourth-order valence-electron chi connectivity index (χ4n) is 2.97. The maximum Gasteiger partial charge on any atom is 0.337 e. The monoisotopic (exact) mass is 399 g/mol. The minimum absolute atomic E-state index is 0.0142. The van der Waals surface area contributed by atoms with Crippen LogP contribution in [0.15, 0.2) is 47.4 Å². The average Bonchev–Trinajstić information content (AvgIpc) is 3.24. The molecule has 0 bridgehead atoms. The Balaban J connectivity index is 1.89. The molecule has 0 aromatic heterocycles. The van der Waals surface area contributed by atoms with Crippen molar-refractivity contribution in [1.29, 1.82) is 5.26 Å². The summed E-state index contributed by atoms with van der Waals surface area (Å²) in [5.41, 5.74) is 0.0209. The van der Waals surface area contributed by atoms with Crippen LogP contribution in [0.4, 0.5) is 5.69 Å². The second-order valence-corrected chi connectivity index (χ2v) is 8.21. The molecule has 2 aromatic carbocycles. The third-order valence-corrected chi connectivity index (χ3v) is 6.32. The number of hydrogen-bond acceptors (Lipinski definition) is 5. The Labute approximate surface area is 162 Å². The van der Waals surface area contributed by atoms with Crippen LogP contribution in [0.5, 0.6) is 0 Å². The first-order chi connectivity index (χ1) is 13.3. The van der Waals surface area contributed by atoms with Crippen molar-refractivity contribution in [1.82, 2.24) is 4.31 Å². The molecule has 8 nitrogen and oxygen atoms in total. The van der Waals surface area contributed by atoms with Crippen molar-refractivity contribution in [2.75, 3.05) is 18.4 Å². The zero-order valence-corrected chi connectivity index (χ0v) is 15.6. The van der Waals surface area contributed by atoms with Gasteiger partial charge in [-0.25, -0.2) is 13.2 Å². The third kappa shape index (κ3) is 3.88. The molecule has 144 valence electrons. The van der Waals surface area contributed by atoms with E-state index in [1.807, 2.05) is 6.07 Å². The molecule has 1 amide bonds. The topological polar surface area (TPSA) is 128 Å². The summed E-state index contributed by atoms with van der Waals surface area (Å²) in [6, 6.07) is 11.3. The van der Waals surface area contributed by atoms with E-state index in [0.717, 1.165) is 18.9 Å². The molecule has 0 spiro atoms. The smallest absolute Gasteiger partial charge is 0.337 e. The number of rotatable bonds is 5. The molecule has 1 aliphatic heterocycles. The van der Waals surface area contributed by atoms with Crippen molar-refractivity contribution in [2.45, 2.75) is 17.7 Å². The van der Waals surface area contributed by atoms with Gasteiger partial charge in [-0.1, -0.05) is 6.07 Å². The molecule has 0 saturated carbocycles. The van der Waals surface area contributed by atoms with Gasteiger partial charge in [-0.3, -0.25) is 4.79 Å². The first kappa shape index (κ1) is 19.5. The van der Waals surface area contributed by atoms with Crippen LogP contribution in [0.25, 0.3) is 0 Å². The zero-order chi connectivity index (χ0) is 20.3. The number of hydrogen-bond donors (Lipinski definition) is 2. The molecule has 28 heavy (non-hydrogen) atoms. The highest BCUT2D eigenvalue weighted by Gasteiger charge is 2.27. The van der Waals surface area contributed by atoms with Crippen molar-refractivity contribution in [3.05, 3.63) is 59.2 Å². The number of carbonyl (C=O) groups excluding carboxylic acids is 1. The lowest BCUT2D eigenvalue weighted by molar-refractivity contribution is 0.0698. The van der Waals surface area contributed by atoms with E-state index in [0.29, 0.717) is 13.1 Å². The number of nitrogens with zero attached hydrogens (tertiary/aromatic N) is 2. The average molecular weight is 399 g/mol. The van der Waals surface area contributed by atoms with Gasteiger partial charge in [0.05, 0.1) is 27.8 Å². The van der Waals surface area contributed by atoms with Crippen LogP contribution in [0.2, 0.25) is 0 Å². The molecule has 0 atom stereocenters. The normalized spacial score (nSPS) is 14.4. The Hall–Kier alpha value is -3.22. The molecule has 0 radical (unpaired) electrons. The van der Waals surface area contributed by atoms with Gasteiger partial charge < -0.3 is 10.4 Å². The number of nitrogens with one attached hydrogen (secondary N) is 1. The van der Waals surface area contributed by atoms with Gasteiger partial charge in [-0.15, -0.1) is 0 Å². The number of carbonyl (C=O) groups is 2. The number of amides is 1. The Bertz CT molecular complexity index is 1080. The highest BCUT2D eigenvalue weighted by molar-refractivity contribution is 7.89. The molecule has 3 rings (SSSR count). The Morgan fingerprint density at radius 2 is 1.82 bits per heavy atom. The molecule has 1 saturated heterocycles. The van der Waals surface area contributed by atoms with Crippen LogP contribution in [-0.2, 0) is 10.0 Å². The van der Waals surface area contributed by atoms with Crippen LogP contribution in [0.3, 0.4) is 0 Å². The van der Waals surface area contributed by atoms with Crippen LogP contribution in [0, 0.1) is 11.3 Å². The van der Waals surface area contributed by atoms with E-state index in [1.54, 1.807) is 0 Å². The van der Waals surface area contributed by atoms with Crippen LogP contribution in [-0.4, -0.2) is 42.8 Å². The number of anilines is 1. The molecule has 1 heterocycles. The molecule has 0 aliphatic carbocycles. The summed E-state index contributed by atoms with van der Waals surface area (Å²) in [6.45, 7) is 0.901. The molecule has 2 N–H and O–H groups in total. The number of carboxylic acids is 1. The molecule has 0 unspecified atom stereocenters. The summed E-state index contributed by atoms with van der Waals surface area (Å²) in [6.07, 6.45) is 1.60. The van der Waals surface area contributed by atoms with Crippen molar-refractivity contribution >= 4 is 27.6 Å². The van der Waals surface area contributed by atoms with Gasteiger partial charge in [0.1, 0.15) is 0 Å². The van der Waals surface area contributed by atoms with Gasteiger partial charge >= 0.3 is 5.97 Å². The van der Waals surface area contributed by atoms with Gasteiger partial charge in [-0.2, -0.15) is 9.57 Å². The van der Waals surface area contributed by atoms with Crippen molar-refractivity contribution in [3.63, 3.8) is 0 Å². The summed E-state index contributed by atoms with van der Waals surface area (Å²) in [7, 11) is -3.68. The number of nitriles is 1. The molecular formula is C19H17N3O5S. The van der Waals surface area contributed by atoms with E-state index in [4.69, 9.17) is 5.26 Å². The maximum absolute atomic E-state index is 12.7. The van der Waals surface area contributed by atoms with Crippen LogP contribution in [0.1, 0.15) is 39.1 Å². The minimum Gasteiger partial charge on any atom is -0.478 e. The third-order valence-electron chi connectivity index (χ3n) is 4.43. The fourth-order valence-corrected chi connectivity index (χ4v) is 4.53. The molecular weight excluding hydrogens is 382 g/mol. The first-order valence-corrected chi connectivity index (χ1v) is 9.96. The predicted octanol–water partition coefficient (Wildman–Crippen LogP) is 2.29. The minimum atomic E-state index is -3.68. The summed E-state index contributed by atoms with van der Waals surface area (Å²) in [4.78, 5) is 24.0. The molecule has 9 heteroatoms. The van der Waals surface area contributed by atoms with E-state index >= 15 is 0 Å². The fraction of sp³-hybridized carbons (Fsp3) is 0.211. The Morgan fingerprint density at radius 1 is 1.11 bits per heavy atom. The Kier molecular flexibility index (Phi) is 5.44. The standard InChI is InChI=1S/C19H17N3O5S/c20-12-13-6-7-17(16(10-13)19(24)25)21-18(23)14-4-3-5-15(11-14)28(26,27)22-8-1-2-9-22/h3-7,10-11H,1-2,8-9H2,(H,21,23)(H,24,25). The highest BCUT2D eigenvalue weighted by Crippen LogP contribution is 2.23. The van der Waals surface area contributed by atoms with Crippen molar-refractivity contribution in [2.24, 2.45) is 0 Å². The summed E-state index contributed by atoms with van der Waals surface area (Å²) >= 11 is 0. The van der Waals surface area contributed by atoms with Gasteiger partial charge in [-0.05, 0) is 49.2 Å². The van der Waals surface area contributed by atoms with E-state index in [1.165, 1.54) is 40.7 Å². The number of carboxylic acid groups (broad SMARTS) is 1. The predicted molar refractivity (Wildman–Crippen MR) is 101 cm³/mol. The maximum atomic E-state index is 12.7. The second-order valence-electron chi connectivity index (χ2n) is 6.27. The molecule has 1 fully saturated rings. The summed E-state index contributed by atoms with van der Waals surface area (Å²) < 4.78 is 26.7. The SMILES string of the molecule is N#Cc1ccc(NC(=O)c2cccc(S(=O)(=O)N3CCCC3)c2)c(C(=O)O)c1. The van der Waals surface area contributed by atoms with Crippen LogP contribution < -0.4 is 5.32 Å². The van der Waals surface area contributed by atoms with Gasteiger partial charge in [0, 0.05) is 18.7 Å². The van der Waals surface area contributed by atoms with Crippen LogP contribution >= 0.6 is 0 Å². The zero-order valence-electron chi connectivity index (χ0n) is 14.8. The summed E-state index contributed by atoms with van der Waals surface area (Å²) in [5, 5.41) is 20.7. The number of aromatic carboxylic acids is 1. The van der Waals surface area contributed by atoms with E-state index in [-0.39, 0.29) is 27.3 Å². The molecule has 1 aliphatic rings. The lowest BCUT2D eigenvalue weighted by Gasteiger charge is -2.16. The molecule has 2 aromatic rings. The van der Waals surface area contributed by atoms with Gasteiger partial charge in [0.25, 0.3) is 5.91 Å².